The van der Waals surface area contributed by atoms with Gasteiger partial charge >= 0.3 is 11.9 Å². The molecule has 0 radical (unpaired) electrons. The fraction of sp³-hybridized carbons (Fsp3) is 0.214. The molecule has 9 nitrogen and oxygen atoms in total. The number of fused-ring (bicyclic) bond motifs is 1. The molecule has 0 saturated heterocycles. The van der Waals surface area contributed by atoms with Crippen molar-refractivity contribution < 1.29 is 28.5 Å². The number of thiazole rings is 1. The van der Waals surface area contributed by atoms with Crippen LogP contribution < -0.4 is 29.1 Å². The third kappa shape index (κ3) is 5.30. The number of allylic oxidation sites excluding steroid dienone is 1. The molecule has 2 heterocycles. The molecule has 1 aromatic heterocycles. The average Bonchev–Trinajstić information content (AvgIpc) is 3.21. The molecule has 38 heavy (non-hydrogen) atoms. The lowest BCUT2D eigenvalue weighted by Gasteiger charge is -2.24. The van der Waals surface area contributed by atoms with Gasteiger partial charge in [0.25, 0.3) is 5.56 Å². The molecular formula is C28H26N2O7S. The Balaban J connectivity index is 1.87. The second kappa shape index (κ2) is 11.3. The summed E-state index contributed by atoms with van der Waals surface area (Å²) in [7, 11) is 3.03. The van der Waals surface area contributed by atoms with Gasteiger partial charge < -0.3 is 18.9 Å². The van der Waals surface area contributed by atoms with E-state index in [0.717, 1.165) is 0 Å². The minimum Gasteiger partial charge on any atom is -0.497 e. The number of benzene rings is 2. The van der Waals surface area contributed by atoms with Gasteiger partial charge in [0.1, 0.15) is 12.4 Å². The van der Waals surface area contributed by atoms with Crippen molar-refractivity contribution in [2.24, 2.45) is 4.99 Å². The number of carbonyl (C=O) groups excluding carboxylic acids is 2. The predicted molar refractivity (Wildman–Crippen MR) is 142 cm³/mol. The Morgan fingerprint density at radius 2 is 1.84 bits per heavy atom. The summed E-state index contributed by atoms with van der Waals surface area (Å²) < 4.78 is 23.0. The van der Waals surface area contributed by atoms with E-state index >= 15 is 0 Å². The van der Waals surface area contributed by atoms with E-state index in [0.29, 0.717) is 37.7 Å². The van der Waals surface area contributed by atoms with Gasteiger partial charge in [0, 0.05) is 6.92 Å². The van der Waals surface area contributed by atoms with E-state index < -0.39 is 18.0 Å². The van der Waals surface area contributed by atoms with Gasteiger partial charge in [0.15, 0.2) is 16.3 Å². The van der Waals surface area contributed by atoms with Crippen molar-refractivity contribution in [2.45, 2.75) is 19.9 Å². The molecule has 0 N–H and O–H groups in total. The molecule has 0 aliphatic carbocycles. The molecule has 2 aromatic carbocycles. The maximum absolute atomic E-state index is 13.7. The van der Waals surface area contributed by atoms with Crippen molar-refractivity contribution in [2.75, 3.05) is 20.8 Å². The Labute approximate surface area is 222 Å². The van der Waals surface area contributed by atoms with E-state index in [1.165, 1.54) is 36.0 Å². The highest BCUT2D eigenvalue weighted by atomic mass is 32.1. The number of methoxy groups -OCH3 is 2. The molecule has 1 aliphatic rings. The molecule has 0 amide bonds. The standard InChI is InChI=1S/C28H26N2O7S/c1-6-13-36-27(33)24-16(2)29-28-30(25(24)19-8-10-20(34-4)11-9-19)26(32)23(38-28)15-18-7-12-21(37-17(3)31)22(14-18)35-5/h6-12,14-15,25H,1,13H2,2-5H3/b23-15+/t25-/m0/s1. The van der Waals surface area contributed by atoms with Crippen molar-refractivity contribution in [3.63, 3.8) is 0 Å². The maximum Gasteiger partial charge on any atom is 0.338 e. The molecule has 196 valence electrons. The Morgan fingerprint density at radius 1 is 1.11 bits per heavy atom. The van der Waals surface area contributed by atoms with Gasteiger partial charge in [0.05, 0.1) is 36.1 Å². The molecule has 0 bridgehead atoms. The van der Waals surface area contributed by atoms with Crippen molar-refractivity contribution >= 4 is 29.4 Å². The third-order valence-electron chi connectivity index (χ3n) is 5.74. The lowest BCUT2D eigenvalue weighted by atomic mass is 9.96. The lowest BCUT2D eigenvalue weighted by molar-refractivity contribution is -0.138. The summed E-state index contributed by atoms with van der Waals surface area (Å²) in [6.45, 7) is 6.65. The summed E-state index contributed by atoms with van der Waals surface area (Å²) in [6.07, 6.45) is 3.18. The van der Waals surface area contributed by atoms with E-state index in [9.17, 15) is 14.4 Å². The zero-order valence-corrected chi connectivity index (χ0v) is 22.2. The minimum absolute atomic E-state index is 0.0283. The SMILES string of the molecule is C=CCOC(=O)C1=C(C)N=c2s/c(=C/c3ccc(OC(C)=O)c(OC)c3)c(=O)n2[C@H]1c1ccc(OC)cc1. The van der Waals surface area contributed by atoms with E-state index in [2.05, 4.69) is 11.6 Å². The van der Waals surface area contributed by atoms with Crippen LogP contribution in [0.25, 0.3) is 6.08 Å². The number of rotatable bonds is 8. The van der Waals surface area contributed by atoms with Crippen molar-refractivity contribution in [1.29, 1.82) is 0 Å². The van der Waals surface area contributed by atoms with E-state index in [4.69, 9.17) is 18.9 Å². The molecule has 1 atom stereocenters. The zero-order chi connectivity index (χ0) is 27.4. The lowest BCUT2D eigenvalue weighted by Crippen LogP contribution is -2.39. The highest BCUT2D eigenvalue weighted by Gasteiger charge is 2.33. The molecule has 0 unspecified atom stereocenters. The first kappa shape index (κ1) is 26.6. The monoisotopic (exact) mass is 534 g/mol. The van der Waals surface area contributed by atoms with Crippen LogP contribution in [0.15, 0.2) is 76.2 Å². The molecular weight excluding hydrogens is 508 g/mol. The molecule has 0 fully saturated rings. The average molecular weight is 535 g/mol. The van der Waals surface area contributed by atoms with Gasteiger partial charge in [-0.05, 0) is 48.4 Å². The number of aromatic nitrogens is 1. The highest BCUT2D eigenvalue weighted by molar-refractivity contribution is 7.07. The first-order valence-corrected chi connectivity index (χ1v) is 12.4. The van der Waals surface area contributed by atoms with Gasteiger partial charge in [-0.2, -0.15) is 0 Å². The summed E-state index contributed by atoms with van der Waals surface area (Å²) in [6, 6.07) is 11.4. The van der Waals surface area contributed by atoms with Crippen molar-refractivity contribution in [3.8, 4) is 17.2 Å². The normalized spacial score (nSPS) is 14.8. The summed E-state index contributed by atoms with van der Waals surface area (Å²) >= 11 is 1.20. The number of carbonyl (C=O) groups is 2. The van der Waals surface area contributed by atoms with Gasteiger partial charge in [-0.15, -0.1) is 0 Å². The van der Waals surface area contributed by atoms with Crippen LogP contribution in [-0.2, 0) is 14.3 Å². The fourth-order valence-corrected chi connectivity index (χ4v) is 5.11. The van der Waals surface area contributed by atoms with Crippen molar-refractivity contribution in [1.82, 2.24) is 4.57 Å². The number of ether oxygens (including phenoxy) is 4. The highest BCUT2D eigenvalue weighted by Crippen LogP contribution is 2.32. The molecule has 0 saturated carbocycles. The van der Waals surface area contributed by atoms with Gasteiger partial charge in [-0.3, -0.25) is 14.2 Å². The molecule has 10 heteroatoms. The van der Waals surface area contributed by atoms with Gasteiger partial charge in [0.2, 0.25) is 0 Å². The Kier molecular flexibility index (Phi) is 7.92. The van der Waals surface area contributed by atoms with Crippen molar-refractivity contribution in [3.05, 3.63) is 97.2 Å². The van der Waals surface area contributed by atoms with Crippen LogP contribution in [0.5, 0.6) is 17.2 Å². The Hall–Kier alpha value is -4.44. The molecule has 1 aliphatic heterocycles. The van der Waals surface area contributed by atoms with Crippen LogP contribution in [0.2, 0.25) is 0 Å². The zero-order valence-electron chi connectivity index (χ0n) is 21.3. The van der Waals surface area contributed by atoms with Gasteiger partial charge in [-0.1, -0.05) is 42.2 Å². The second-order valence-electron chi connectivity index (χ2n) is 8.25. The number of hydrogen-bond donors (Lipinski definition) is 0. The van der Waals surface area contributed by atoms with Crippen LogP contribution in [0, 0.1) is 0 Å². The smallest absolute Gasteiger partial charge is 0.338 e. The summed E-state index contributed by atoms with van der Waals surface area (Å²) in [5.74, 6) is 0.217. The van der Waals surface area contributed by atoms with Crippen LogP contribution >= 0.6 is 11.3 Å². The summed E-state index contributed by atoms with van der Waals surface area (Å²) in [5.41, 5.74) is 1.76. The first-order chi connectivity index (χ1) is 18.3. The van der Waals surface area contributed by atoms with Crippen LogP contribution in [0.4, 0.5) is 0 Å². The predicted octanol–water partition coefficient (Wildman–Crippen LogP) is 2.91. The topological polar surface area (TPSA) is 105 Å². The minimum atomic E-state index is -0.752. The molecule has 0 spiro atoms. The largest absolute Gasteiger partial charge is 0.497 e. The van der Waals surface area contributed by atoms with Gasteiger partial charge in [-0.25, -0.2) is 9.79 Å². The second-order valence-corrected chi connectivity index (χ2v) is 9.26. The summed E-state index contributed by atoms with van der Waals surface area (Å²) in [4.78, 5) is 43.2. The molecule has 4 rings (SSSR count). The Bertz CT molecular complexity index is 1610. The fourth-order valence-electron chi connectivity index (χ4n) is 4.06. The molecule has 3 aromatic rings. The van der Waals surface area contributed by atoms with Crippen LogP contribution in [-0.4, -0.2) is 37.3 Å². The number of hydrogen-bond acceptors (Lipinski definition) is 9. The maximum atomic E-state index is 13.7. The van der Waals surface area contributed by atoms with E-state index in [-0.39, 0.29) is 23.5 Å². The number of nitrogens with zero attached hydrogens (tertiary/aromatic N) is 2. The van der Waals surface area contributed by atoms with Crippen LogP contribution in [0.3, 0.4) is 0 Å². The first-order valence-electron chi connectivity index (χ1n) is 11.6. The van der Waals surface area contributed by atoms with Crippen LogP contribution in [0.1, 0.15) is 31.0 Å². The van der Waals surface area contributed by atoms with E-state index in [1.54, 1.807) is 62.6 Å². The quantitative estimate of drug-likeness (QED) is 0.249. The number of esters is 2. The third-order valence-corrected chi connectivity index (χ3v) is 6.73. The Morgan fingerprint density at radius 3 is 2.47 bits per heavy atom. The summed E-state index contributed by atoms with van der Waals surface area (Å²) in [5, 5.41) is 0. The van der Waals surface area contributed by atoms with E-state index in [1.807, 2.05) is 0 Å².